The largest absolute Gasteiger partial charge is 0.256 e. The molecule has 2 aromatic carbocycles. The molecule has 0 bridgehead atoms. The molecule has 1 heteroatoms. The molecule has 3 aromatic rings. The highest BCUT2D eigenvalue weighted by molar-refractivity contribution is 5.82. The number of hydrogen-bond donors (Lipinski definition) is 0. The molecule has 28 heavy (non-hydrogen) atoms. The van der Waals surface area contributed by atoms with E-state index < -0.39 is 0 Å². The van der Waals surface area contributed by atoms with E-state index >= 15 is 0 Å². The van der Waals surface area contributed by atoms with Gasteiger partial charge in [-0.2, -0.15) is 0 Å². The second-order valence-electron chi connectivity index (χ2n) is 8.33. The van der Waals surface area contributed by atoms with Crippen LogP contribution in [-0.2, 0) is 5.41 Å². The molecule has 1 aromatic heterocycles. The van der Waals surface area contributed by atoms with Crippen LogP contribution in [0.25, 0.3) is 22.9 Å². The van der Waals surface area contributed by atoms with E-state index in [0.717, 1.165) is 16.8 Å². The zero-order chi connectivity index (χ0) is 19.7. The van der Waals surface area contributed by atoms with Crippen LogP contribution in [0.2, 0.25) is 0 Å². The van der Waals surface area contributed by atoms with Crippen LogP contribution in [0.1, 0.15) is 38.8 Å². The van der Waals surface area contributed by atoms with Crippen LogP contribution in [0.4, 0.5) is 0 Å². The van der Waals surface area contributed by atoms with E-state index in [0.29, 0.717) is 0 Å². The van der Waals surface area contributed by atoms with Crippen LogP contribution in [0.5, 0.6) is 0 Å². The van der Waals surface area contributed by atoms with Gasteiger partial charge in [0.2, 0.25) is 0 Å². The molecule has 138 valence electrons. The molecule has 0 amide bonds. The van der Waals surface area contributed by atoms with Gasteiger partial charge in [-0.15, -0.1) is 5.73 Å². The number of nitrogens with zero attached hydrogens (tertiary/aromatic N) is 1. The molecule has 0 unspecified atom stereocenters. The summed E-state index contributed by atoms with van der Waals surface area (Å²) in [6, 6.07) is 21.5. The summed E-state index contributed by atoms with van der Waals surface area (Å²) in [5.74, 6) is 0. The lowest BCUT2D eigenvalue weighted by atomic mass is 9.82. The predicted octanol–water partition coefficient (Wildman–Crippen LogP) is 5.14. The van der Waals surface area contributed by atoms with Gasteiger partial charge in [-0.1, -0.05) is 57.2 Å². The Hall–Kier alpha value is -3.15. The molecular weight excluding hydrogens is 338 g/mol. The summed E-state index contributed by atoms with van der Waals surface area (Å²) in [4.78, 5) is 4.60. The SMILES string of the molecule is CC1=C=CC=c2ccccc2=C1c1cc(-c2ccccn2)cc(C(C)(C)C)c1. The van der Waals surface area contributed by atoms with Crippen LogP contribution in [0.15, 0.2) is 84.2 Å². The summed E-state index contributed by atoms with van der Waals surface area (Å²) in [5.41, 5.74) is 10.6. The number of benzene rings is 2. The van der Waals surface area contributed by atoms with Gasteiger partial charge < -0.3 is 0 Å². The minimum Gasteiger partial charge on any atom is -0.256 e. The Morgan fingerprint density at radius 3 is 2.36 bits per heavy atom. The van der Waals surface area contributed by atoms with Gasteiger partial charge in [0.15, 0.2) is 0 Å². The van der Waals surface area contributed by atoms with E-state index in [1.54, 1.807) is 0 Å². The predicted molar refractivity (Wildman–Crippen MR) is 118 cm³/mol. The molecule has 0 spiro atoms. The van der Waals surface area contributed by atoms with Crippen molar-refractivity contribution in [3.8, 4) is 11.3 Å². The number of pyridine rings is 1. The topological polar surface area (TPSA) is 12.9 Å². The Morgan fingerprint density at radius 1 is 0.857 bits per heavy atom. The lowest BCUT2D eigenvalue weighted by Crippen LogP contribution is -2.26. The van der Waals surface area contributed by atoms with Crippen molar-refractivity contribution < 1.29 is 0 Å². The number of rotatable bonds is 2. The number of allylic oxidation sites excluding steroid dienone is 1. The first-order chi connectivity index (χ1) is 13.4. The Labute approximate surface area is 167 Å². The maximum Gasteiger partial charge on any atom is 0.0702 e. The highest BCUT2D eigenvalue weighted by Crippen LogP contribution is 2.32. The monoisotopic (exact) mass is 363 g/mol. The summed E-state index contributed by atoms with van der Waals surface area (Å²) in [6.45, 7) is 8.93. The summed E-state index contributed by atoms with van der Waals surface area (Å²) >= 11 is 0. The fraction of sp³-hybridized carbons (Fsp3) is 0.185. The van der Waals surface area contributed by atoms with Crippen molar-refractivity contribution in [2.24, 2.45) is 0 Å². The first-order valence-corrected chi connectivity index (χ1v) is 9.74. The zero-order valence-electron chi connectivity index (χ0n) is 17.0. The summed E-state index contributed by atoms with van der Waals surface area (Å²) in [5, 5.41) is 2.47. The van der Waals surface area contributed by atoms with Gasteiger partial charge in [-0.25, -0.2) is 0 Å². The quantitative estimate of drug-likeness (QED) is 0.575. The van der Waals surface area contributed by atoms with E-state index in [1.807, 2.05) is 24.4 Å². The standard InChI is InChI=1S/C27H25N/c1-19-10-9-12-20-11-5-6-13-24(20)26(19)22-16-21(25-14-7-8-15-28-25)17-23(18-22)27(2,3)4/h5-9,11-18H,1-4H3. The molecule has 0 N–H and O–H groups in total. The summed E-state index contributed by atoms with van der Waals surface area (Å²) < 4.78 is 0. The molecule has 0 saturated heterocycles. The van der Waals surface area contributed by atoms with Crippen molar-refractivity contribution in [3.63, 3.8) is 0 Å². The molecule has 1 aliphatic carbocycles. The van der Waals surface area contributed by atoms with Gasteiger partial charge >= 0.3 is 0 Å². The van der Waals surface area contributed by atoms with Crippen LogP contribution in [0.3, 0.4) is 0 Å². The van der Waals surface area contributed by atoms with Crippen molar-refractivity contribution in [1.29, 1.82) is 0 Å². The van der Waals surface area contributed by atoms with Crippen molar-refractivity contribution >= 4 is 11.6 Å². The first kappa shape index (κ1) is 18.2. The maximum absolute atomic E-state index is 4.60. The number of aromatic nitrogens is 1. The van der Waals surface area contributed by atoms with Gasteiger partial charge in [0.1, 0.15) is 0 Å². The molecule has 1 nitrogen and oxygen atoms in total. The summed E-state index contributed by atoms with van der Waals surface area (Å²) in [7, 11) is 0. The highest BCUT2D eigenvalue weighted by Gasteiger charge is 2.18. The van der Waals surface area contributed by atoms with Gasteiger partial charge in [0.05, 0.1) is 5.69 Å². The van der Waals surface area contributed by atoms with E-state index in [2.05, 4.69) is 93.0 Å². The maximum atomic E-state index is 4.60. The van der Waals surface area contributed by atoms with Crippen LogP contribution in [-0.4, -0.2) is 4.98 Å². The molecular formula is C27H25N. The minimum atomic E-state index is 0.0456. The minimum absolute atomic E-state index is 0.0456. The fourth-order valence-electron chi connectivity index (χ4n) is 3.66. The third-order valence-corrected chi connectivity index (χ3v) is 5.22. The van der Waals surface area contributed by atoms with Crippen molar-refractivity contribution in [2.75, 3.05) is 0 Å². The van der Waals surface area contributed by atoms with Crippen molar-refractivity contribution in [3.05, 3.63) is 106 Å². The molecule has 0 atom stereocenters. The van der Waals surface area contributed by atoms with Crippen LogP contribution < -0.4 is 10.4 Å². The molecule has 4 rings (SSSR count). The second-order valence-corrected chi connectivity index (χ2v) is 8.33. The van der Waals surface area contributed by atoms with E-state index in [4.69, 9.17) is 0 Å². The number of fused-ring (bicyclic) bond motifs is 1. The van der Waals surface area contributed by atoms with Crippen LogP contribution in [0, 0.1) is 0 Å². The van der Waals surface area contributed by atoms with Crippen molar-refractivity contribution in [2.45, 2.75) is 33.1 Å². The number of hydrogen-bond acceptors (Lipinski definition) is 1. The van der Waals surface area contributed by atoms with Crippen molar-refractivity contribution in [1.82, 2.24) is 4.98 Å². The third kappa shape index (κ3) is 3.50. The normalized spacial score (nSPS) is 13.4. The Morgan fingerprint density at radius 2 is 1.61 bits per heavy atom. The lowest BCUT2D eigenvalue weighted by Gasteiger charge is -2.22. The average Bonchev–Trinajstić information content (AvgIpc) is 2.85. The van der Waals surface area contributed by atoms with Gasteiger partial charge in [-0.05, 0) is 75.9 Å². The summed E-state index contributed by atoms with van der Waals surface area (Å²) in [6.07, 6.45) is 6.02. The van der Waals surface area contributed by atoms with Gasteiger partial charge in [0, 0.05) is 17.3 Å². The first-order valence-electron chi connectivity index (χ1n) is 9.74. The molecule has 1 heterocycles. The van der Waals surface area contributed by atoms with E-state index in [-0.39, 0.29) is 5.41 Å². The Kier molecular flexibility index (Phi) is 4.63. The smallest absolute Gasteiger partial charge is 0.0702 e. The second kappa shape index (κ2) is 7.11. The van der Waals surface area contributed by atoms with E-state index in [9.17, 15) is 0 Å². The fourth-order valence-corrected chi connectivity index (χ4v) is 3.66. The lowest BCUT2D eigenvalue weighted by molar-refractivity contribution is 0.590. The zero-order valence-corrected chi connectivity index (χ0v) is 17.0. The molecule has 0 fully saturated rings. The van der Waals surface area contributed by atoms with Gasteiger partial charge in [-0.3, -0.25) is 4.98 Å². The third-order valence-electron chi connectivity index (χ3n) is 5.22. The molecule has 0 saturated carbocycles. The Balaban J connectivity index is 2.08. The average molecular weight is 364 g/mol. The molecule has 0 radical (unpaired) electrons. The van der Waals surface area contributed by atoms with Gasteiger partial charge in [0.25, 0.3) is 0 Å². The molecule has 0 aliphatic heterocycles. The Bertz CT molecular complexity index is 1220. The van der Waals surface area contributed by atoms with Crippen LogP contribution >= 0.6 is 0 Å². The van der Waals surface area contributed by atoms with E-state index in [1.165, 1.54) is 27.1 Å². The highest BCUT2D eigenvalue weighted by atomic mass is 14.7. The molecule has 1 aliphatic rings.